The van der Waals surface area contributed by atoms with E-state index < -0.39 is 6.04 Å². The first-order chi connectivity index (χ1) is 15.6. The topological polar surface area (TPSA) is 97.6 Å². The van der Waals surface area contributed by atoms with E-state index in [4.69, 9.17) is 10.1 Å². The number of benzene rings is 1. The lowest BCUT2D eigenvalue weighted by Crippen LogP contribution is -2.31. The van der Waals surface area contributed by atoms with Crippen LogP contribution in [0.2, 0.25) is 0 Å². The number of pyridine rings is 2. The van der Waals surface area contributed by atoms with E-state index in [1.54, 1.807) is 41.6 Å². The first-order valence-corrected chi connectivity index (χ1v) is 10.2. The predicted octanol–water partition coefficient (Wildman–Crippen LogP) is 3.97. The fourth-order valence-corrected chi connectivity index (χ4v) is 3.75. The van der Waals surface area contributed by atoms with Gasteiger partial charge in [-0.05, 0) is 37.6 Å². The third-order valence-corrected chi connectivity index (χ3v) is 5.33. The number of nitrogens with zero attached hydrogens (tertiary/aromatic N) is 5. The molecule has 0 saturated carbocycles. The lowest BCUT2D eigenvalue weighted by molar-refractivity contribution is -0.113. The van der Waals surface area contributed by atoms with Crippen molar-refractivity contribution < 1.29 is 4.79 Å². The van der Waals surface area contributed by atoms with Gasteiger partial charge in [-0.3, -0.25) is 14.8 Å². The van der Waals surface area contributed by atoms with Crippen LogP contribution in [0, 0.1) is 6.92 Å². The number of anilines is 2. The molecule has 0 bridgehead atoms. The van der Waals surface area contributed by atoms with Gasteiger partial charge in [-0.2, -0.15) is 4.98 Å². The number of rotatable bonds is 4. The Morgan fingerprint density at radius 2 is 1.75 bits per heavy atom. The van der Waals surface area contributed by atoms with E-state index in [0.29, 0.717) is 28.7 Å². The van der Waals surface area contributed by atoms with Crippen LogP contribution in [-0.4, -0.2) is 30.6 Å². The van der Waals surface area contributed by atoms with Crippen LogP contribution < -0.4 is 10.6 Å². The van der Waals surface area contributed by atoms with Crippen molar-refractivity contribution in [3.63, 3.8) is 0 Å². The summed E-state index contributed by atoms with van der Waals surface area (Å²) in [5.74, 6) is 0.919. The van der Waals surface area contributed by atoms with Gasteiger partial charge in [-0.25, -0.2) is 4.68 Å². The monoisotopic (exact) mass is 423 g/mol. The maximum absolute atomic E-state index is 13.4. The molecule has 1 unspecified atom stereocenters. The molecular formula is C24H21N7O. The van der Waals surface area contributed by atoms with Crippen LogP contribution in [0.3, 0.4) is 0 Å². The quantitative estimate of drug-likeness (QED) is 0.515. The third-order valence-electron chi connectivity index (χ3n) is 5.33. The first kappa shape index (κ1) is 19.6. The van der Waals surface area contributed by atoms with E-state index in [9.17, 15) is 4.79 Å². The molecule has 32 heavy (non-hydrogen) atoms. The van der Waals surface area contributed by atoms with Crippen LogP contribution in [0.5, 0.6) is 0 Å². The van der Waals surface area contributed by atoms with Crippen molar-refractivity contribution in [3.05, 3.63) is 95.7 Å². The second-order valence-corrected chi connectivity index (χ2v) is 7.62. The van der Waals surface area contributed by atoms with E-state index in [1.807, 2.05) is 50.2 Å². The van der Waals surface area contributed by atoms with Crippen molar-refractivity contribution >= 4 is 17.5 Å². The summed E-state index contributed by atoms with van der Waals surface area (Å²) in [6, 6.07) is 14.9. The van der Waals surface area contributed by atoms with Crippen molar-refractivity contribution in [2.24, 2.45) is 0 Å². The summed E-state index contributed by atoms with van der Waals surface area (Å²) < 4.78 is 1.75. The SMILES string of the molecule is CC1=C(C(=O)Nc2cccnc2)C(c2cccnc2)n2nc(-c3ccc(C)cc3)nc2N1. The van der Waals surface area contributed by atoms with Crippen molar-refractivity contribution in [2.45, 2.75) is 19.9 Å². The Bertz CT molecular complexity index is 1300. The van der Waals surface area contributed by atoms with Crippen LogP contribution in [-0.2, 0) is 4.79 Å². The molecule has 158 valence electrons. The summed E-state index contributed by atoms with van der Waals surface area (Å²) in [5.41, 5.74) is 4.77. The van der Waals surface area contributed by atoms with Crippen LogP contribution >= 0.6 is 0 Å². The first-order valence-electron chi connectivity index (χ1n) is 10.2. The molecule has 8 heteroatoms. The molecule has 0 radical (unpaired) electrons. The van der Waals surface area contributed by atoms with Gasteiger partial charge in [0.15, 0.2) is 5.82 Å². The second kappa shape index (κ2) is 8.07. The highest BCUT2D eigenvalue weighted by Crippen LogP contribution is 2.36. The highest BCUT2D eigenvalue weighted by Gasteiger charge is 2.34. The Kier molecular flexibility index (Phi) is 4.95. The van der Waals surface area contributed by atoms with Crippen molar-refractivity contribution in [1.29, 1.82) is 0 Å². The van der Waals surface area contributed by atoms with Gasteiger partial charge in [0, 0.05) is 29.9 Å². The van der Waals surface area contributed by atoms with Gasteiger partial charge in [0.05, 0.1) is 17.5 Å². The number of aromatic nitrogens is 5. The molecule has 1 aliphatic rings. The molecule has 4 heterocycles. The van der Waals surface area contributed by atoms with Crippen LogP contribution in [0.15, 0.2) is 84.6 Å². The van der Waals surface area contributed by atoms with Gasteiger partial charge in [0.2, 0.25) is 5.95 Å². The van der Waals surface area contributed by atoms with Gasteiger partial charge < -0.3 is 10.6 Å². The molecule has 2 N–H and O–H groups in total. The summed E-state index contributed by atoms with van der Waals surface area (Å²) in [7, 11) is 0. The Hall–Kier alpha value is -4.33. The summed E-state index contributed by atoms with van der Waals surface area (Å²) in [6.45, 7) is 3.90. The zero-order valence-electron chi connectivity index (χ0n) is 17.6. The summed E-state index contributed by atoms with van der Waals surface area (Å²) in [5, 5.41) is 11.0. The highest BCUT2D eigenvalue weighted by atomic mass is 16.1. The Morgan fingerprint density at radius 1 is 1.00 bits per heavy atom. The number of aryl methyl sites for hydroxylation is 1. The average Bonchev–Trinajstić information content (AvgIpc) is 3.23. The number of carbonyl (C=O) groups is 1. The van der Waals surface area contributed by atoms with E-state index >= 15 is 0 Å². The maximum atomic E-state index is 13.4. The van der Waals surface area contributed by atoms with E-state index in [1.165, 1.54) is 0 Å². The average molecular weight is 423 g/mol. The number of allylic oxidation sites excluding steroid dienone is 1. The minimum atomic E-state index is -0.483. The summed E-state index contributed by atoms with van der Waals surface area (Å²) >= 11 is 0. The Labute approximate surface area is 185 Å². The molecule has 3 aromatic heterocycles. The molecule has 1 aliphatic heterocycles. The zero-order valence-corrected chi connectivity index (χ0v) is 17.6. The smallest absolute Gasteiger partial charge is 0.255 e. The molecule has 1 atom stereocenters. The molecule has 0 aliphatic carbocycles. The standard InChI is InChI=1S/C24H21N7O/c1-15-7-9-17(10-8-15)22-29-24-27-16(2)20(23(32)28-19-6-4-12-26-14-19)21(31(24)30-22)18-5-3-11-25-13-18/h3-14,21H,1-2H3,(H,28,32)(H,27,29,30). The maximum Gasteiger partial charge on any atom is 0.255 e. The summed E-state index contributed by atoms with van der Waals surface area (Å²) in [4.78, 5) is 26.4. The second-order valence-electron chi connectivity index (χ2n) is 7.62. The molecule has 1 amide bonds. The molecule has 4 aromatic rings. The Morgan fingerprint density at radius 3 is 2.44 bits per heavy atom. The molecule has 1 aromatic carbocycles. The number of hydrogen-bond donors (Lipinski definition) is 2. The van der Waals surface area contributed by atoms with Gasteiger partial charge >= 0.3 is 0 Å². The van der Waals surface area contributed by atoms with Crippen LogP contribution in [0.1, 0.15) is 24.1 Å². The molecule has 0 fully saturated rings. The zero-order chi connectivity index (χ0) is 22.1. The molecule has 0 spiro atoms. The number of nitrogens with one attached hydrogen (secondary N) is 2. The molecule has 5 rings (SSSR count). The van der Waals surface area contributed by atoms with Gasteiger partial charge in [-0.1, -0.05) is 35.9 Å². The van der Waals surface area contributed by atoms with Crippen LogP contribution in [0.25, 0.3) is 11.4 Å². The molecular weight excluding hydrogens is 402 g/mol. The van der Waals surface area contributed by atoms with Gasteiger partial charge in [0.1, 0.15) is 6.04 Å². The lowest BCUT2D eigenvalue weighted by Gasteiger charge is -2.28. The van der Waals surface area contributed by atoms with E-state index in [2.05, 4.69) is 20.6 Å². The van der Waals surface area contributed by atoms with E-state index in [0.717, 1.165) is 16.7 Å². The van der Waals surface area contributed by atoms with Crippen molar-refractivity contribution in [3.8, 4) is 11.4 Å². The lowest BCUT2D eigenvalue weighted by atomic mass is 9.96. The van der Waals surface area contributed by atoms with E-state index in [-0.39, 0.29) is 5.91 Å². The minimum Gasteiger partial charge on any atom is -0.328 e. The number of carbonyl (C=O) groups excluding carboxylic acids is 1. The Balaban J connectivity index is 1.59. The highest BCUT2D eigenvalue weighted by molar-refractivity contribution is 6.05. The fourth-order valence-electron chi connectivity index (χ4n) is 3.75. The van der Waals surface area contributed by atoms with Crippen LogP contribution in [0.4, 0.5) is 11.6 Å². The van der Waals surface area contributed by atoms with Gasteiger partial charge in [-0.15, -0.1) is 5.10 Å². The fraction of sp³-hybridized carbons (Fsp3) is 0.125. The van der Waals surface area contributed by atoms with Crippen molar-refractivity contribution in [2.75, 3.05) is 10.6 Å². The minimum absolute atomic E-state index is 0.241. The molecule has 0 saturated heterocycles. The summed E-state index contributed by atoms with van der Waals surface area (Å²) in [6.07, 6.45) is 6.72. The number of fused-ring (bicyclic) bond motifs is 1. The largest absolute Gasteiger partial charge is 0.328 e. The normalized spacial score (nSPS) is 15.1. The molecule has 8 nitrogen and oxygen atoms in total. The predicted molar refractivity (Wildman–Crippen MR) is 122 cm³/mol. The number of amides is 1. The van der Waals surface area contributed by atoms with Crippen molar-refractivity contribution in [1.82, 2.24) is 24.7 Å². The third kappa shape index (κ3) is 3.62. The van der Waals surface area contributed by atoms with Gasteiger partial charge in [0.25, 0.3) is 5.91 Å². The number of hydrogen-bond acceptors (Lipinski definition) is 6.